The van der Waals surface area contributed by atoms with Crippen LogP contribution in [0.5, 0.6) is 5.75 Å². The highest BCUT2D eigenvalue weighted by Gasteiger charge is 2.38. The van der Waals surface area contributed by atoms with Crippen molar-refractivity contribution in [3.05, 3.63) is 35.2 Å². The molecule has 3 aromatic rings. The topological polar surface area (TPSA) is 147 Å². The highest BCUT2D eigenvalue weighted by molar-refractivity contribution is 6.04. The third kappa shape index (κ3) is 6.05. The summed E-state index contributed by atoms with van der Waals surface area (Å²) in [6.07, 6.45) is 0.130. The van der Waals surface area contributed by atoms with Gasteiger partial charge < -0.3 is 24.7 Å². The molecule has 1 saturated heterocycles. The Balaban J connectivity index is 1.63. The molecule has 40 heavy (non-hydrogen) atoms. The number of nitrogens with zero attached hydrogens (tertiary/aromatic N) is 5. The van der Waals surface area contributed by atoms with Crippen molar-refractivity contribution >= 4 is 34.9 Å². The number of aromatic nitrogens is 4. The first-order valence-electron chi connectivity index (χ1n) is 13.7. The van der Waals surface area contributed by atoms with Crippen LogP contribution in [0.4, 0.5) is 10.7 Å². The first-order chi connectivity index (χ1) is 18.8. The summed E-state index contributed by atoms with van der Waals surface area (Å²) in [4.78, 5) is 44.1. The van der Waals surface area contributed by atoms with Gasteiger partial charge in [0.1, 0.15) is 28.7 Å². The second kappa shape index (κ2) is 11.2. The van der Waals surface area contributed by atoms with E-state index in [0.717, 1.165) is 12.1 Å². The Morgan fingerprint density at radius 1 is 1.18 bits per heavy atom. The highest BCUT2D eigenvalue weighted by Crippen LogP contribution is 2.34. The maximum Gasteiger partial charge on any atom is 0.410 e. The molecule has 1 fully saturated rings. The fourth-order valence-electron chi connectivity index (χ4n) is 4.72. The van der Waals surface area contributed by atoms with Gasteiger partial charge in [-0.3, -0.25) is 19.6 Å². The van der Waals surface area contributed by atoms with Crippen molar-refractivity contribution in [3.63, 3.8) is 0 Å². The van der Waals surface area contributed by atoms with Gasteiger partial charge in [0.25, 0.3) is 5.91 Å². The second-order valence-electron chi connectivity index (χ2n) is 11.2. The maximum atomic E-state index is 13.2. The summed E-state index contributed by atoms with van der Waals surface area (Å²) in [7, 11) is 0. The van der Waals surface area contributed by atoms with Crippen molar-refractivity contribution in [1.29, 1.82) is 0 Å². The van der Waals surface area contributed by atoms with E-state index in [-0.39, 0.29) is 29.6 Å². The Bertz CT molecular complexity index is 1430. The minimum absolute atomic E-state index is 0.0686. The summed E-state index contributed by atoms with van der Waals surface area (Å²) in [5.74, 6) is -0.110. The molecule has 1 unspecified atom stereocenters. The largest absolute Gasteiger partial charge is 0.488 e. The number of carbonyl (C=O) groups is 3. The van der Waals surface area contributed by atoms with E-state index in [1.54, 1.807) is 27.8 Å². The average molecular weight is 554 g/mol. The molecule has 3 heterocycles. The Hall–Kier alpha value is -4.09. The Morgan fingerprint density at radius 3 is 2.48 bits per heavy atom. The summed E-state index contributed by atoms with van der Waals surface area (Å²) in [5.41, 5.74) is 7.61. The van der Waals surface area contributed by atoms with Gasteiger partial charge in [0, 0.05) is 37.7 Å². The number of fused-ring (bicyclic) bond motifs is 1. The minimum Gasteiger partial charge on any atom is -0.488 e. The number of aryl methyl sites for hydroxylation is 3. The van der Waals surface area contributed by atoms with E-state index in [9.17, 15) is 14.4 Å². The summed E-state index contributed by atoms with van der Waals surface area (Å²) in [5, 5.41) is 7.28. The molecule has 4 rings (SSSR count). The molecule has 12 heteroatoms. The Kier molecular flexibility index (Phi) is 8.08. The fourth-order valence-corrected chi connectivity index (χ4v) is 4.72. The second-order valence-corrected chi connectivity index (χ2v) is 11.2. The lowest BCUT2D eigenvalue weighted by atomic mass is 9.95. The third-order valence-corrected chi connectivity index (χ3v) is 6.74. The zero-order chi connectivity index (χ0) is 29.4. The molecule has 12 nitrogen and oxygen atoms in total. The predicted molar refractivity (Wildman–Crippen MR) is 151 cm³/mol. The molecule has 3 amide bonds. The quantitative estimate of drug-likeness (QED) is 0.408. The molecular formula is C28H39N7O5. The predicted octanol–water partition coefficient (Wildman–Crippen LogP) is 3.96. The number of nitrogens with one attached hydrogen (secondary N) is 1. The SMILES string of the molecule is CCCn1c(NC(=O)c2cc(C)nn2CC)nc2cc(C(N)=O)cc(OC(C)C3CN(C(=O)OC(C)(C)C)C3)c21. The third-order valence-electron chi connectivity index (χ3n) is 6.74. The Labute approximate surface area is 233 Å². The van der Waals surface area contributed by atoms with Gasteiger partial charge in [-0.05, 0) is 66.2 Å². The molecule has 1 atom stereocenters. The molecule has 0 aliphatic carbocycles. The van der Waals surface area contributed by atoms with Crippen LogP contribution in [-0.4, -0.2) is 66.9 Å². The van der Waals surface area contributed by atoms with Crippen molar-refractivity contribution < 1.29 is 23.9 Å². The molecule has 0 saturated carbocycles. The number of nitrogens with two attached hydrogens (primary N) is 1. The number of anilines is 1. The number of ether oxygens (including phenoxy) is 2. The number of likely N-dealkylation sites (tertiary alicyclic amines) is 1. The van der Waals surface area contributed by atoms with E-state index in [1.165, 1.54) is 0 Å². The lowest BCUT2D eigenvalue weighted by molar-refractivity contribution is -0.0211. The number of hydrogen-bond acceptors (Lipinski definition) is 7. The monoisotopic (exact) mass is 553 g/mol. The number of carbonyl (C=O) groups excluding carboxylic acids is 3. The number of primary amides is 1. The van der Waals surface area contributed by atoms with E-state index in [4.69, 9.17) is 15.2 Å². The van der Waals surface area contributed by atoms with Gasteiger partial charge in [0.15, 0.2) is 0 Å². The zero-order valence-corrected chi connectivity index (χ0v) is 24.3. The number of amides is 3. The molecule has 1 aromatic carbocycles. The van der Waals surface area contributed by atoms with E-state index in [2.05, 4.69) is 15.4 Å². The van der Waals surface area contributed by atoms with Crippen molar-refractivity contribution in [2.45, 2.75) is 79.7 Å². The van der Waals surface area contributed by atoms with Crippen LogP contribution >= 0.6 is 0 Å². The summed E-state index contributed by atoms with van der Waals surface area (Å²) in [6.45, 7) is 15.3. The number of imidazole rings is 1. The van der Waals surface area contributed by atoms with Gasteiger partial charge in [-0.1, -0.05) is 6.92 Å². The lowest BCUT2D eigenvalue weighted by Crippen LogP contribution is -2.55. The van der Waals surface area contributed by atoms with Gasteiger partial charge in [-0.25, -0.2) is 9.78 Å². The van der Waals surface area contributed by atoms with Gasteiger partial charge >= 0.3 is 6.09 Å². The van der Waals surface area contributed by atoms with E-state index in [0.29, 0.717) is 54.6 Å². The Morgan fingerprint density at radius 2 is 1.88 bits per heavy atom. The van der Waals surface area contributed by atoms with E-state index >= 15 is 0 Å². The van der Waals surface area contributed by atoms with Crippen LogP contribution in [0.3, 0.4) is 0 Å². The summed E-state index contributed by atoms with van der Waals surface area (Å²) < 4.78 is 15.4. The van der Waals surface area contributed by atoms with Gasteiger partial charge in [0.05, 0.1) is 11.2 Å². The standard InChI is InChI=1S/C28H39N7O5/c1-8-10-34-23-20(30-26(34)31-25(37)21-11-16(3)32-35(21)9-2)12-18(24(29)36)13-22(23)39-17(4)19-14-33(15-19)27(38)40-28(5,6)7/h11-13,17,19H,8-10,14-15H2,1-7H3,(H2,29,36)(H,30,31,37). The fraction of sp³-hybridized carbons (Fsp3) is 0.536. The van der Waals surface area contributed by atoms with Crippen LogP contribution < -0.4 is 15.8 Å². The molecule has 216 valence electrons. The van der Waals surface area contributed by atoms with Crippen LogP contribution in [0.25, 0.3) is 11.0 Å². The van der Waals surface area contributed by atoms with Crippen LogP contribution in [0, 0.1) is 12.8 Å². The van der Waals surface area contributed by atoms with Crippen molar-refractivity contribution in [2.75, 3.05) is 18.4 Å². The van der Waals surface area contributed by atoms with Gasteiger partial charge in [-0.15, -0.1) is 0 Å². The molecular weight excluding hydrogens is 514 g/mol. The lowest BCUT2D eigenvalue weighted by Gasteiger charge is -2.42. The van der Waals surface area contributed by atoms with Crippen molar-refractivity contribution in [1.82, 2.24) is 24.2 Å². The average Bonchev–Trinajstić information content (AvgIpc) is 3.37. The van der Waals surface area contributed by atoms with E-state index in [1.807, 2.05) is 53.0 Å². The van der Waals surface area contributed by atoms with Crippen LogP contribution in [0.2, 0.25) is 0 Å². The first kappa shape index (κ1) is 28.9. The first-order valence-corrected chi connectivity index (χ1v) is 13.7. The maximum absolute atomic E-state index is 13.2. The molecule has 3 N–H and O–H groups in total. The summed E-state index contributed by atoms with van der Waals surface area (Å²) in [6, 6.07) is 4.94. The van der Waals surface area contributed by atoms with E-state index < -0.39 is 11.5 Å². The molecule has 0 bridgehead atoms. The molecule has 1 aliphatic heterocycles. The number of rotatable bonds is 9. The van der Waals surface area contributed by atoms with Crippen LogP contribution in [0.15, 0.2) is 18.2 Å². The van der Waals surface area contributed by atoms with Gasteiger partial charge in [0.2, 0.25) is 11.9 Å². The van der Waals surface area contributed by atoms with Crippen LogP contribution in [-0.2, 0) is 17.8 Å². The summed E-state index contributed by atoms with van der Waals surface area (Å²) >= 11 is 0. The normalized spacial score (nSPS) is 14.6. The van der Waals surface area contributed by atoms with Crippen molar-refractivity contribution in [2.24, 2.45) is 11.7 Å². The van der Waals surface area contributed by atoms with Crippen molar-refractivity contribution in [3.8, 4) is 5.75 Å². The smallest absolute Gasteiger partial charge is 0.410 e. The zero-order valence-electron chi connectivity index (χ0n) is 24.3. The van der Waals surface area contributed by atoms with Crippen LogP contribution in [0.1, 0.15) is 74.5 Å². The molecule has 0 spiro atoms. The molecule has 1 aliphatic rings. The van der Waals surface area contributed by atoms with Gasteiger partial charge in [-0.2, -0.15) is 5.10 Å². The minimum atomic E-state index is -0.614. The molecule has 2 aromatic heterocycles. The number of hydrogen-bond donors (Lipinski definition) is 2. The highest BCUT2D eigenvalue weighted by atomic mass is 16.6. The molecule has 0 radical (unpaired) electrons. The number of benzene rings is 1.